The molecular weight excluding hydrogens is 117 g/mol. The molecule has 0 spiro atoms. The van der Waals surface area contributed by atoms with Gasteiger partial charge in [-0.05, 0) is 27.3 Å². The van der Waals surface area contributed by atoms with Gasteiger partial charge in [-0.2, -0.15) is 0 Å². The summed E-state index contributed by atoms with van der Waals surface area (Å²) >= 11 is 0. The van der Waals surface area contributed by atoms with Gasteiger partial charge in [0.25, 0.3) is 0 Å². The fourth-order valence-electron chi connectivity index (χ4n) is 1.51. The van der Waals surface area contributed by atoms with Crippen LogP contribution >= 0.6 is 0 Å². The van der Waals surface area contributed by atoms with Gasteiger partial charge >= 0.3 is 0 Å². The van der Waals surface area contributed by atoms with Crippen LogP contribution in [0.15, 0.2) is 0 Å². The Morgan fingerprint density at radius 2 is 2.22 bits per heavy atom. The van der Waals surface area contributed by atoms with Crippen LogP contribution in [0.5, 0.6) is 0 Å². The number of likely N-dealkylation sites (tertiary alicyclic amines) is 1. The quantitative estimate of drug-likeness (QED) is 0.481. The van der Waals surface area contributed by atoms with Crippen molar-refractivity contribution in [1.29, 1.82) is 0 Å². The lowest BCUT2D eigenvalue weighted by Gasteiger charge is -2.12. The lowest BCUT2D eigenvalue weighted by Crippen LogP contribution is -2.24. The second-order valence-electron chi connectivity index (χ2n) is 3.38. The normalized spacial score (nSPS) is 46.0. The van der Waals surface area contributed by atoms with Gasteiger partial charge in [0.05, 0.1) is 0 Å². The minimum atomic E-state index is -0.936. The Labute approximate surface area is 55.8 Å². The molecule has 1 aliphatic heterocycles. The zero-order valence-corrected chi connectivity index (χ0v) is 6.32. The standard InChI is InChI=1S/C7H14FN/c1-6-4-7(2,8)5-9(6)3/h6H,4-5H2,1-3H3. The van der Waals surface area contributed by atoms with Crippen LogP contribution in [0.1, 0.15) is 20.3 Å². The third-order valence-corrected chi connectivity index (χ3v) is 2.05. The van der Waals surface area contributed by atoms with E-state index in [0.717, 1.165) is 0 Å². The van der Waals surface area contributed by atoms with E-state index in [1.54, 1.807) is 6.92 Å². The first kappa shape index (κ1) is 7.00. The molecule has 0 aliphatic carbocycles. The summed E-state index contributed by atoms with van der Waals surface area (Å²) in [6.07, 6.45) is 0.684. The fraction of sp³-hybridized carbons (Fsp3) is 1.00. The third kappa shape index (κ3) is 1.42. The molecule has 1 rings (SSSR count). The Bertz CT molecular complexity index is 99.5. The number of nitrogens with zero attached hydrogens (tertiary/aromatic N) is 1. The summed E-state index contributed by atoms with van der Waals surface area (Å²) in [5.41, 5.74) is -0.936. The average Bonchev–Trinajstić information content (AvgIpc) is 1.79. The molecule has 2 heteroatoms. The number of rotatable bonds is 0. The van der Waals surface area contributed by atoms with E-state index in [1.807, 2.05) is 7.05 Å². The van der Waals surface area contributed by atoms with Crippen molar-refractivity contribution in [2.24, 2.45) is 0 Å². The van der Waals surface area contributed by atoms with E-state index in [2.05, 4.69) is 11.8 Å². The van der Waals surface area contributed by atoms with Crippen molar-refractivity contribution in [3.8, 4) is 0 Å². The smallest absolute Gasteiger partial charge is 0.122 e. The van der Waals surface area contributed by atoms with Gasteiger partial charge in [0, 0.05) is 12.6 Å². The van der Waals surface area contributed by atoms with Crippen molar-refractivity contribution in [2.75, 3.05) is 13.6 Å². The number of hydrogen-bond acceptors (Lipinski definition) is 1. The van der Waals surface area contributed by atoms with Gasteiger partial charge in [-0.3, -0.25) is 0 Å². The molecule has 0 amide bonds. The molecule has 1 nitrogen and oxygen atoms in total. The first-order valence-corrected chi connectivity index (χ1v) is 3.40. The van der Waals surface area contributed by atoms with Gasteiger partial charge < -0.3 is 4.90 Å². The summed E-state index contributed by atoms with van der Waals surface area (Å²) < 4.78 is 13.1. The fourth-order valence-corrected chi connectivity index (χ4v) is 1.51. The van der Waals surface area contributed by atoms with Crippen molar-refractivity contribution >= 4 is 0 Å². The molecule has 0 aromatic heterocycles. The zero-order chi connectivity index (χ0) is 7.07. The van der Waals surface area contributed by atoms with E-state index in [4.69, 9.17) is 0 Å². The summed E-state index contributed by atoms with van der Waals surface area (Å²) in [5.74, 6) is 0. The number of halogens is 1. The highest BCUT2D eigenvalue weighted by molar-refractivity contribution is 4.89. The number of alkyl halides is 1. The molecule has 0 aromatic rings. The predicted molar refractivity (Wildman–Crippen MR) is 36.2 cm³/mol. The van der Waals surface area contributed by atoms with Crippen LogP contribution in [0, 0.1) is 0 Å². The van der Waals surface area contributed by atoms with E-state index in [9.17, 15) is 4.39 Å². The summed E-state index contributed by atoms with van der Waals surface area (Å²) in [7, 11) is 1.97. The zero-order valence-electron chi connectivity index (χ0n) is 6.32. The highest BCUT2D eigenvalue weighted by Crippen LogP contribution is 2.28. The van der Waals surface area contributed by atoms with Crippen LogP contribution in [0.3, 0.4) is 0 Å². The Kier molecular flexibility index (Phi) is 1.51. The molecule has 2 unspecified atom stereocenters. The van der Waals surface area contributed by atoms with Crippen molar-refractivity contribution < 1.29 is 4.39 Å². The first-order valence-electron chi connectivity index (χ1n) is 3.40. The van der Waals surface area contributed by atoms with E-state index in [-0.39, 0.29) is 0 Å². The van der Waals surface area contributed by atoms with Crippen molar-refractivity contribution in [3.63, 3.8) is 0 Å². The van der Waals surface area contributed by atoms with Crippen molar-refractivity contribution in [1.82, 2.24) is 4.90 Å². The van der Waals surface area contributed by atoms with Crippen LogP contribution in [-0.4, -0.2) is 30.2 Å². The molecule has 54 valence electrons. The molecule has 1 fully saturated rings. The Morgan fingerprint density at radius 1 is 1.67 bits per heavy atom. The third-order valence-electron chi connectivity index (χ3n) is 2.05. The van der Waals surface area contributed by atoms with Crippen LogP contribution in [0.4, 0.5) is 4.39 Å². The second-order valence-corrected chi connectivity index (χ2v) is 3.38. The lowest BCUT2D eigenvalue weighted by molar-refractivity contribution is 0.198. The van der Waals surface area contributed by atoms with Crippen LogP contribution < -0.4 is 0 Å². The maximum absolute atomic E-state index is 13.1. The van der Waals surface area contributed by atoms with Gasteiger partial charge in [-0.1, -0.05) is 0 Å². The van der Waals surface area contributed by atoms with E-state index >= 15 is 0 Å². The van der Waals surface area contributed by atoms with Gasteiger partial charge in [-0.25, -0.2) is 4.39 Å². The SMILES string of the molecule is CC1CC(C)(F)CN1C. The maximum Gasteiger partial charge on any atom is 0.122 e. The van der Waals surface area contributed by atoms with Crippen molar-refractivity contribution in [2.45, 2.75) is 32.0 Å². The van der Waals surface area contributed by atoms with E-state index in [0.29, 0.717) is 19.0 Å². The second kappa shape index (κ2) is 1.94. The molecule has 0 bridgehead atoms. The van der Waals surface area contributed by atoms with Gasteiger partial charge in [0.1, 0.15) is 5.67 Å². The molecule has 1 saturated heterocycles. The molecule has 2 atom stereocenters. The minimum absolute atomic E-state index is 0.417. The van der Waals surface area contributed by atoms with Crippen LogP contribution in [-0.2, 0) is 0 Å². The molecule has 1 heterocycles. The summed E-state index contributed by atoms with van der Waals surface area (Å²) in [6.45, 7) is 4.33. The molecular formula is C7H14FN. The van der Waals surface area contributed by atoms with Crippen LogP contribution in [0.25, 0.3) is 0 Å². The summed E-state index contributed by atoms with van der Waals surface area (Å²) in [6, 6.07) is 0.417. The molecule has 1 aliphatic rings. The Balaban J connectivity index is 2.54. The number of hydrogen-bond donors (Lipinski definition) is 0. The predicted octanol–water partition coefficient (Wildman–Crippen LogP) is 1.44. The van der Waals surface area contributed by atoms with E-state index < -0.39 is 5.67 Å². The molecule has 0 aromatic carbocycles. The van der Waals surface area contributed by atoms with E-state index in [1.165, 1.54) is 0 Å². The summed E-state index contributed by atoms with van der Waals surface area (Å²) in [4.78, 5) is 2.06. The van der Waals surface area contributed by atoms with Crippen molar-refractivity contribution in [3.05, 3.63) is 0 Å². The average molecular weight is 131 g/mol. The molecule has 0 saturated carbocycles. The highest BCUT2D eigenvalue weighted by Gasteiger charge is 2.36. The monoisotopic (exact) mass is 131 g/mol. The topological polar surface area (TPSA) is 3.24 Å². The highest BCUT2D eigenvalue weighted by atomic mass is 19.1. The molecule has 9 heavy (non-hydrogen) atoms. The molecule has 0 N–H and O–H groups in total. The maximum atomic E-state index is 13.1. The Morgan fingerprint density at radius 3 is 2.33 bits per heavy atom. The largest absolute Gasteiger partial charge is 0.300 e. The van der Waals surface area contributed by atoms with Gasteiger partial charge in [0.15, 0.2) is 0 Å². The van der Waals surface area contributed by atoms with Gasteiger partial charge in [-0.15, -0.1) is 0 Å². The first-order chi connectivity index (χ1) is 4.01. The lowest BCUT2D eigenvalue weighted by atomic mass is 10.1. The summed E-state index contributed by atoms with van der Waals surface area (Å²) in [5, 5.41) is 0. The Hall–Kier alpha value is -0.110. The van der Waals surface area contributed by atoms with Gasteiger partial charge in [0.2, 0.25) is 0 Å². The van der Waals surface area contributed by atoms with Crippen LogP contribution in [0.2, 0.25) is 0 Å². The minimum Gasteiger partial charge on any atom is -0.300 e. The molecule has 0 radical (unpaired) electrons.